The average Bonchev–Trinajstić information content (AvgIpc) is 2.76. The van der Waals surface area contributed by atoms with Crippen LogP contribution in [0.3, 0.4) is 0 Å². The van der Waals surface area contributed by atoms with Crippen molar-refractivity contribution in [2.24, 2.45) is 0 Å². The summed E-state index contributed by atoms with van der Waals surface area (Å²) in [7, 11) is 2.44. The van der Waals surface area contributed by atoms with Crippen LogP contribution in [-0.2, 0) is 38.1 Å². The normalized spacial score (nSPS) is 25.8. The maximum atomic E-state index is 12.1. The van der Waals surface area contributed by atoms with Gasteiger partial charge in [-0.1, -0.05) is 0 Å². The van der Waals surface area contributed by atoms with Crippen LogP contribution in [0.1, 0.15) is 20.8 Å². The summed E-state index contributed by atoms with van der Waals surface area (Å²) >= 11 is 0. The van der Waals surface area contributed by atoms with E-state index in [2.05, 4.69) is 0 Å². The lowest BCUT2D eigenvalue weighted by atomic mass is 10.1. The van der Waals surface area contributed by atoms with E-state index >= 15 is 0 Å². The smallest absolute Gasteiger partial charge is 0.412 e. The number of hydrogen-bond donors (Lipinski definition) is 0. The van der Waals surface area contributed by atoms with Gasteiger partial charge in [0.25, 0.3) is 0 Å². The molecule has 24 heavy (non-hydrogen) atoms. The molecule has 0 spiro atoms. The van der Waals surface area contributed by atoms with Crippen LogP contribution < -0.4 is 0 Å². The van der Waals surface area contributed by atoms with E-state index in [1.807, 2.05) is 0 Å². The summed E-state index contributed by atoms with van der Waals surface area (Å²) in [6.45, 7) is 3.23. The van der Waals surface area contributed by atoms with E-state index in [9.17, 15) is 19.2 Å². The first-order valence-electron chi connectivity index (χ1n) is 7.09. The number of likely N-dealkylation sites (tertiary alicyclic amines) is 1. The van der Waals surface area contributed by atoms with Gasteiger partial charge in [0.1, 0.15) is 12.6 Å². The maximum Gasteiger partial charge on any atom is 0.412 e. The number of esters is 3. The van der Waals surface area contributed by atoms with E-state index in [4.69, 9.17) is 23.7 Å². The molecule has 10 heteroatoms. The average molecular weight is 347 g/mol. The topological polar surface area (TPSA) is 118 Å². The van der Waals surface area contributed by atoms with Gasteiger partial charge in [-0.15, -0.1) is 0 Å². The van der Waals surface area contributed by atoms with Gasteiger partial charge in [0.15, 0.2) is 18.4 Å². The molecule has 0 unspecified atom stereocenters. The minimum absolute atomic E-state index is 0.292. The first-order valence-corrected chi connectivity index (χ1v) is 7.09. The summed E-state index contributed by atoms with van der Waals surface area (Å²) in [5.41, 5.74) is 0. The van der Waals surface area contributed by atoms with Crippen molar-refractivity contribution in [3.05, 3.63) is 0 Å². The molecule has 136 valence electrons. The Labute approximate surface area is 138 Å². The molecule has 0 aromatic rings. The van der Waals surface area contributed by atoms with Crippen LogP contribution in [-0.4, -0.2) is 74.2 Å². The van der Waals surface area contributed by atoms with Crippen molar-refractivity contribution < 1.29 is 42.9 Å². The zero-order valence-corrected chi connectivity index (χ0v) is 14.1. The Morgan fingerprint density at radius 2 is 1.42 bits per heavy atom. The van der Waals surface area contributed by atoms with Gasteiger partial charge in [-0.3, -0.25) is 19.3 Å². The Hall–Kier alpha value is -2.36. The van der Waals surface area contributed by atoms with Crippen LogP contribution in [0.2, 0.25) is 0 Å². The van der Waals surface area contributed by atoms with Gasteiger partial charge < -0.3 is 23.7 Å². The Bertz CT molecular complexity index is 506. The molecule has 0 aromatic heterocycles. The van der Waals surface area contributed by atoms with Crippen molar-refractivity contribution in [1.82, 2.24) is 4.90 Å². The van der Waals surface area contributed by atoms with Crippen molar-refractivity contribution in [3.63, 3.8) is 0 Å². The number of amides is 1. The Morgan fingerprint density at radius 3 is 1.83 bits per heavy atom. The molecule has 1 saturated heterocycles. The Balaban J connectivity index is 3.24. The largest absolute Gasteiger partial charge is 0.464 e. The highest BCUT2D eigenvalue weighted by Crippen LogP contribution is 2.31. The van der Waals surface area contributed by atoms with E-state index in [0.29, 0.717) is 0 Å². The van der Waals surface area contributed by atoms with Crippen LogP contribution >= 0.6 is 0 Å². The zero-order valence-electron chi connectivity index (χ0n) is 14.1. The Kier molecular flexibility index (Phi) is 6.96. The van der Waals surface area contributed by atoms with Crippen molar-refractivity contribution >= 4 is 24.0 Å². The summed E-state index contributed by atoms with van der Waals surface area (Å²) in [6.07, 6.45) is -4.08. The molecular weight excluding hydrogens is 326 g/mol. The van der Waals surface area contributed by atoms with Gasteiger partial charge in [0.2, 0.25) is 0 Å². The number of nitrogens with zero attached hydrogens (tertiary/aromatic N) is 1. The molecule has 0 aliphatic carbocycles. The van der Waals surface area contributed by atoms with Crippen LogP contribution in [0.4, 0.5) is 4.79 Å². The second-order valence-electron chi connectivity index (χ2n) is 5.02. The van der Waals surface area contributed by atoms with Gasteiger partial charge in [-0.25, -0.2) is 4.79 Å². The number of hydrogen-bond acceptors (Lipinski definition) is 9. The quantitative estimate of drug-likeness (QED) is 0.493. The molecule has 1 fully saturated rings. The minimum Gasteiger partial charge on any atom is -0.464 e. The maximum absolute atomic E-state index is 12.1. The van der Waals surface area contributed by atoms with Gasteiger partial charge >= 0.3 is 24.0 Å². The van der Waals surface area contributed by atoms with E-state index in [1.54, 1.807) is 0 Å². The highest BCUT2D eigenvalue weighted by atomic mass is 16.6. The predicted octanol–water partition coefficient (Wildman–Crippen LogP) is -0.164. The van der Waals surface area contributed by atoms with E-state index < -0.39 is 48.5 Å². The first kappa shape index (κ1) is 19.7. The first-order chi connectivity index (χ1) is 11.2. The predicted molar refractivity (Wildman–Crippen MR) is 76.6 cm³/mol. The minimum atomic E-state index is -1.10. The lowest BCUT2D eigenvalue weighted by Crippen LogP contribution is -2.47. The van der Waals surface area contributed by atoms with Gasteiger partial charge in [0, 0.05) is 27.9 Å². The number of carbonyl (C=O) groups is 4. The van der Waals surface area contributed by atoms with E-state index in [-0.39, 0.29) is 6.61 Å². The van der Waals surface area contributed by atoms with Crippen LogP contribution in [0.5, 0.6) is 0 Å². The molecule has 10 nitrogen and oxygen atoms in total. The SMILES string of the molecule is COC(=O)N1[C@H](COC(C)=O)[C@@H](OC(C)=O)[C@@H](OC(C)=O)[C@H]1OC. The molecule has 1 aliphatic rings. The number of rotatable bonds is 5. The van der Waals surface area contributed by atoms with Gasteiger partial charge in [-0.2, -0.15) is 0 Å². The van der Waals surface area contributed by atoms with Crippen molar-refractivity contribution in [3.8, 4) is 0 Å². The zero-order chi connectivity index (χ0) is 18.4. The molecule has 1 rings (SSSR count). The molecular formula is C14H21NO9. The third-order valence-electron chi connectivity index (χ3n) is 3.30. The fourth-order valence-corrected chi connectivity index (χ4v) is 2.51. The van der Waals surface area contributed by atoms with Crippen molar-refractivity contribution in [1.29, 1.82) is 0 Å². The third-order valence-corrected chi connectivity index (χ3v) is 3.30. The number of ether oxygens (including phenoxy) is 5. The summed E-state index contributed by atoms with van der Waals surface area (Å²) in [4.78, 5) is 47.1. The fourth-order valence-electron chi connectivity index (χ4n) is 2.51. The molecule has 0 N–H and O–H groups in total. The molecule has 0 bridgehead atoms. The van der Waals surface area contributed by atoms with Gasteiger partial charge in [0.05, 0.1) is 7.11 Å². The van der Waals surface area contributed by atoms with Gasteiger partial charge in [-0.05, 0) is 0 Å². The van der Waals surface area contributed by atoms with Crippen molar-refractivity contribution in [2.45, 2.75) is 45.2 Å². The number of carbonyl (C=O) groups excluding carboxylic acids is 4. The van der Waals surface area contributed by atoms with E-state index in [0.717, 1.165) is 18.9 Å². The molecule has 0 saturated carbocycles. The van der Waals surface area contributed by atoms with Crippen LogP contribution in [0, 0.1) is 0 Å². The summed E-state index contributed by atoms with van der Waals surface area (Å²) in [5.74, 6) is -1.91. The highest BCUT2D eigenvalue weighted by Gasteiger charge is 2.56. The molecule has 1 aliphatic heterocycles. The molecule has 1 amide bonds. The molecule has 1 heterocycles. The number of methoxy groups -OCH3 is 2. The van der Waals surface area contributed by atoms with Crippen LogP contribution in [0.15, 0.2) is 0 Å². The second kappa shape index (κ2) is 8.48. The van der Waals surface area contributed by atoms with Crippen molar-refractivity contribution in [2.75, 3.05) is 20.8 Å². The summed E-state index contributed by atoms with van der Waals surface area (Å²) < 4.78 is 25.2. The lowest BCUT2D eigenvalue weighted by molar-refractivity contribution is -0.171. The second-order valence-corrected chi connectivity index (χ2v) is 5.02. The van der Waals surface area contributed by atoms with E-state index in [1.165, 1.54) is 21.0 Å². The standard InChI is InChI=1S/C14H21NO9/c1-7(16)22-6-10-11(23-8(2)17)12(24-9(3)18)13(20-4)15(10)14(19)21-5/h10-13H,6H2,1-5H3/t10-,11-,12-,13-/m1/s1. The molecule has 0 aromatic carbocycles. The molecule has 4 atom stereocenters. The highest BCUT2D eigenvalue weighted by molar-refractivity contribution is 5.71. The third kappa shape index (κ3) is 4.57. The lowest BCUT2D eigenvalue weighted by Gasteiger charge is -2.27. The fraction of sp³-hybridized carbons (Fsp3) is 0.714. The summed E-state index contributed by atoms with van der Waals surface area (Å²) in [5, 5.41) is 0. The van der Waals surface area contributed by atoms with Crippen LogP contribution in [0.25, 0.3) is 0 Å². The molecule has 0 radical (unpaired) electrons. The summed E-state index contributed by atoms with van der Waals surface area (Å²) in [6, 6.07) is -0.945. The monoisotopic (exact) mass is 347 g/mol. The Morgan fingerprint density at radius 1 is 0.875 bits per heavy atom.